The van der Waals surface area contributed by atoms with Gasteiger partial charge >= 0.3 is 0 Å². The van der Waals surface area contributed by atoms with Gasteiger partial charge in [0.05, 0.1) is 6.54 Å². The van der Waals surface area contributed by atoms with Crippen molar-refractivity contribution < 1.29 is 26.7 Å². The summed E-state index contributed by atoms with van der Waals surface area (Å²) in [5, 5.41) is 2.52. The van der Waals surface area contributed by atoms with E-state index in [4.69, 9.17) is 4.74 Å². The summed E-state index contributed by atoms with van der Waals surface area (Å²) < 4.78 is 59.0. The number of carbonyl (C=O) groups excluding carboxylic acids is 1. The van der Waals surface area contributed by atoms with Crippen LogP contribution in [0.2, 0.25) is 0 Å². The van der Waals surface area contributed by atoms with Crippen LogP contribution in [0, 0.1) is 11.6 Å². The highest BCUT2D eigenvalue weighted by molar-refractivity contribution is 7.89. The van der Waals surface area contributed by atoms with E-state index in [0.29, 0.717) is 17.2 Å². The molecule has 0 unspecified atom stereocenters. The number of nitrogens with one attached hydrogen (secondary N) is 2. The van der Waals surface area contributed by atoms with Gasteiger partial charge in [-0.05, 0) is 35.9 Å². The van der Waals surface area contributed by atoms with Crippen LogP contribution in [0.4, 0.5) is 8.78 Å². The third-order valence-corrected chi connectivity index (χ3v) is 5.31. The van der Waals surface area contributed by atoms with Crippen molar-refractivity contribution in [2.45, 2.75) is 11.4 Å². The maximum Gasteiger partial charge on any atom is 0.246 e. The quantitative estimate of drug-likeness (QED) is 0.569. The van der Waals surface area contributed by atoms with Gasteiger partial charge in [-0.3, -0.25) is 4.79 Å². The number of halogens is 2. The zero-order chi connectivity index (χ0) is 21.6. The molecule has 1 amide bonds. The van der Waals surface area contributed by atoms with Crippen LogP contribution >= 0.6 is 0 Å². The van der Waals surface area contributed by atoms with Crippen LogP contribution in [0.25, 0.3) is 0 Å². The molecule has 30 heavy (non-hydrogen) atoms. The summed E-state index contributed by atoms with van der Waals surface area (Å²) in [5.41, 5.74) is 0.694. The lowest BCUT2D eigenvalue weighted by Crippen LogP contribution is -2.37. The third-order valence-electron chi connectivity index (χ3n) is 3.86. The van der Waals surface area contributed by atoms with Crippen LogP contribution in [-0.2, 0) is 21.4 Å². The normalized spacial score (nSPS) is 11.1. The number of hydrogen-bond donors (Lipinski definition) is 2. The van der Waals surface area contributed by atoms with Crippen LogP contribution < -0.4 is 14.8 Å². The van der Waals surface area contributed by atoms with Crippen molar-refractivity contribution in [3.05, 3.63) is 84.1 Å². The molecule has 0 radical (unpaired) electrons. The molecule has 0 spiro atoms. The Morgan fingerprint density at radius 3 is 2.43 bits per heavy atom. The minimum Gasteiger partial charge on any atom is -0.439 e. The van der Waals surface area contributed by atoms with Gasteiger partial charge in [0, 0.05) is 18.8 Å². The van der Waals surface area contributed by atoms with Crippen molar-refractivity contribution in [2.75, 3.05) is 6.54 Å². The van der Waals surface area contributed by atoms with Crippen LogP contribution in [0.5, 0.6) is 11.6 Å². The number of carbonyl (C=O) groups is 1. The van der Waals surface area contributed by atoms with E-state index in [1.807, 2.05) is 4.72 Å². The summed E-state index contributed by atoms with van der Waals surface area (Å²) in [6.07, 6.45) is 1.59. The van der Waals surface area contributed by atoms with Gasteiger partial charge in [-0.25, -0.2) is 26.9 Å². The average Bonchev–Trinajstić information content (AvgIpc) is 2.71. The van der Waals surface area contributed by atoms with E-state index in [-0.39, 0.29) is 6.54 Å². The molecule has 10 heteroatoms. The van der Waals surface area contributed by atoms with Gasteiger partial charge in [0.15, 0.2) is 4.90 Å². The number of pyridine rings is 1. The molecule has 156 valence electrons. The first-order valence-electron chi connectivity index (χ1n) is 8.73. The predicted octanol–water partition coefficient (Wildman–Crippen LogP) is 2.75. The van der Waals surface area contributed by atoms with Crippen molar-refractivity contribution in [1.82, 2.24) is 15.0 Å². The molecule has 3 aromatic rings. The SMILES string of the molecule is O=C(CNS(=O)(=O)c1c(F)cccc1F)NCc1cccc(Oc2ccccn2)c1. The molecular weight excluding hydrogens is 416 g/mol. The molecule has 0 atom stereocenters. The van der Waals surface area contributed by atoms with Crippen molar-refractivity contribution in [3.8, 4) is 11.6 Å². The number of sulfonamides is 1. The number of aromatic nitrogens is 1. The van der Waals surface area contributed by atoms with E-state index in [9.17, 15) is 22.0 Å². The molecule has 1 aromatic heterocycles. The topological polar surface area (TPSA) is 97.4 Å². The Labute approximate surface area is 171 Å². The lowest BCUT2D eigenvalue weighted by Gasteiger charge is -2.10. The van der Waals surface area contributed by atoms with E-state index in [2.05, 4.69) is 10.3 Å². The number of amides is 1. The Balaban J connectivity index is 1.55. The second kappa shape index (κ2) is 9.42. The molecule has 0 bridgehead atoms. The van der Waals surface area contributed by atoms with Gasteiger partial charge in [-0.1, -0.05) is 24.3 Å². The molecule has 0 aliphatic heterocycles. The summed E-state index contributed by atoms with van der Waals surface area (Å²) in [7, 11) is -4.53. The summed E-state index contributed by atoms with van der Waals surface area (Å²) in [4.78, 5) is 14.9. The van der Waals surface area contributed by atoms with E-state index in [1.165, 1.54) is 0 Å². The van der Waals surface area contributed by atoms with Gasteiger partial charge in [0.25, 0.3) is 0 Å². The minimum atomic E-state index is -4.53. The van der Waals surface area contributed by atoms with Gasteiger partial charge < -0.3 is 10.1 Å². The molecule has 0 saturated carbocycles. The molecule has 3 rings (SSSR count). The lowest BCUT2D eigenvalue weighted by atomic mass is 10.2. The smallest absolute Gasteiger partial charge is 0.246 e. The first kappa shape index (κ1) is 21.3. The molecule has 7 nitrogen and oxygen atoms in total. The highest BCUT2D eigenvalue weighted by atomic mass is 32.2. The Morgan fingerprint density at radius 1 is 1.00 bits per heavy atom. The summed E-state index contributed by atoms with van der Waals surface area (Å²) in [6, 6.07) is 14.8. The van der Waals surface area contributed by atoms with Crippen LogP contribution in [0.1, 0.15) is 5.56 Å². The molecule has 0 aliphatic carbocycles. The minimum absolute atomic E-state index is 0.0913. The molecule has 1 heterocycles. The summed E-state index contributed by atoms with van der Waals surface area (Å²) in [5.74, 6) is -2.24. The zero-order valence-corrected chi connectivity index (χ0v) is 16.3. The molecule has 0 fully saturated rings. The number of hydrogen-bond acceptors (Lipinski definition) is 5. The van der Waals surface area contributed by atoms with Crippen molar-refractivity contribution >= 4 is 15.9 Å². The summed E-state index contributed by atoms with van der Waals surface area (Å²) in [6.45, 7) is -0.589. The fraction of sp³-hybridized carbons (Fsp3) is 0.100. The Morgan fingerprint density at radius 2 is 1.73 bits per heavy atom. The first-order valence-corrected chi connectivity index (χ1v) is 10.2. The molecule has 0 saturated heterocycles. The van der Waals surface area contributed by atoms with E-state index in [0.717, 1.165) is 18.2 Å². The molecular formula is C20H17F2N3O4S. The Bertz CT molecular complexity index is 1120. The van der Waals surface area contributed by atoms with Crippen LogP contribution in [0.15, 0.2) is 71.8 Å². The maximum absolute atomic E-state index is 13.7. The fourth-order valence-corrected chi connectivity index (χ4v) is 3.60. The second-order valence-corrected chi connectivity index (χ2v) is 7.77. The maximum atomic E-state index is 13.7. The van der Waals surface area contributed by atoms with E-state index >= 15 is 0 Å². The molecule has 0 aliphatic rings. The second-order valence-electron chi connectivity index (χ2n) is 6.07. The van der Waals surface area contributed by atoms with Crippen LogP contribution in [0.3, 0.4) is 0 Å². The molecule has 2 aromatic carbocycles. The first-order chi connectivity index (χ1) is 14.3. The predicted molar refractivity (Wildman–Crippen MR) is 104 cm³/mol. The monoisotopic (exact) mass is 433 g/mol. The lowest BCUT2D eigenvalue weighted by molar-refractivity contribution is -0.120. The Hall–Kier alpha value is -3.37. The molecule has 2 N–H and O–H groups in total. The fourth-order valence-electron chi connectivity index (χ4n) is 2.48. The van der Waals surface area contributed by atoms with Crippen molar-refractivity contribution in [3.63, 3.8) is 0 Å². The number of benzene rings is 2. The highest BCUT2D eigenvalue weighted by Gasteiger charge is 2.24. The van der Waals surface area contributed by atoms with Crippen molar-refractivity contribution in [1.29, 1.82) is 0 Å². The largest absolute Gasteiger partial charge is 0.439 e. The van der Waals surface area contributed by atoms with Gasteiger partial charge in [-0.15, -0.1) is 0 Å². The Kier molecular flexibility index (Phi) is 6.70. The van der Waals surface area contributed by atoms with Crippen molar-refractivity contribution in [2.24, 2.45) is 0 Å². The highest BCUT2D eigenvalue weighted by Crippen LogP contribution is 2.20. The standard InChI is InChI=1S/C20H17F2N3O4S/c21-16-7-4-8-17(22)20(16)30(27,28)25-13-18(26)24-12-14-5-3-6-15(11-14)29-19-9-1-2-10-23-19/h1-11,25H,12-13H2,(H,24,26). The van der Waals surface area contributed by atoms with E-state index in [1.54, 1.807) is 48.7 Å². The zero-order valence-electron chi connectivity index (χ0n) is 15.5. The number of nitrogens with zero attached hydrogens (tertiary/aromatic N) is 1. The number of rotatable bonds is 8. The third kappa shape index (κ3) is 5.58. The van der Waals surface area contributed by atoms with E-state index < -0.39 is 39.0 Å². The average molecular weight is 433 g/mol. The van der Waals surface area contributed by atoms with Crippen LogP contribution in [-0.4, -0.2) is 25.9 Å². The summed E-state index contributed by atoms with van der Waals surface area (Å²) >= 11 is 0. The van der Waals surface area contributed by atoms with Gasteiger partial charge in [-0.2, -0.15) is 0 Å². The van der Waals surface area contributed by atoms with Gasteiger partial charge in [0.2, 0.25) is 21.8 Å². The number of ether oxygens (including phenoxy) is 1. The van der Waals surface area contributed by atoms with Gasteiger partial charge in [0.1, 0.15) is 17.4 Å².